The SMILES string of the molecule is [2H]C([2H])([2H])N(Cc1cccc(OC)c1)CC(O)c1ccc(Cl)c(Cl)c1. The zero-order chi connectivity index (χ0) is 18.6. The van der Waals surface area contributed by atoms with Crippen LogP contribution in [-0.2, 0) is 6.54 Å². The van der Waals surface area contributed by atoms with E-state index in [1.165, 1.54) is 11.0 Å². The van der Waals surface area contributed by atoms with Gasteiger partial charge in [0.05, 0.1) is 23.3 Å². The molecule has 1 N–H and O–H groups in total. The zero-order valence-corrected chi connectivity index (χ0v) is 13.6. The third kappa shape index (κ3) is 4.62. The number of hydrogen-bond acceptors (Lipinski definition) is 3. The van der Waals surface area contributed by atoms with Crippen LogP contribution < -0.4 is 4.74 Å². The lowest BCUT2D eigenvalue weighted by Crippen LogP contribution is -2.24. The first-order valence-electron chi connectivity index (χ1n) is 8.21. The largest absolute Gasteiger partial charge is 0.497 e. The van der Waals surface area contributed by atoms with Gasteiger partial charge in [0.25, 0.3) is 0 Å². The number of rotatable bonds is 6. The van der Waals surface area contributed by atoms with Crippen LogP contribution in [0.15, 0.2) is 42.5 Å². The minimum atomic E-state index is -2.36. The molecule has 0 spiro atoms. The van der Waals surface area contributed by atoms with Gasteiger partial charge in [0.2, 0.25) is 0 Å². The summed E-state index contributed by atoms with van der Waals surface area (Å²) in [5.74, 6) is 0.646. The molecular weight excluding hydrogens is 321 g/mol. The van der Waals surface area contributed by atoms with Gasteiger partial charge in [0, 0.05) is 17.2 Å². The van der Waals surface area contributed by atoms with Gasteiger partial charge in [-0.3, -0.25) is 4.90 Å². The van der Waals surface area contributed by atoms with Crippen LogP contribution in [0.1, 0.15) is 21.3 Å². The van der Waals surface area contributed by atoms with Crippen molar-refractivity contribution in [1.82, 2.24) is 4.90 Å². The minimum Gasteiger partial charge on any atom is -0.497 e. The number of methoxy groups -OCH3 is 1. The van der Waals surface area contributed by atoms with Crippen molar-refractivity contribution in [2.75, 3.05) is 20.6 Å². The van der Waals surface area contributed by atoms with Crippen LogP contribution in [0.25, 0.3) is 0 Å². The first-order chi connectivity index (χ1) is 11.7. The number of aliphatic hydroxyl groups is 1. The molecule has 0 aliphatic rings. The van der Waals surface area contributed by atoms with Crippen molar-refractivity contribution in [3.63, 3.8) is 0 Å². The van der Waals surface area contributed by atoms with Gasteiger partial charge >= 0.3 is 0 Å². The maximum absolute atomic E-state index is 10.4. The molecule has 118 valence electrons. The second-order valence-corrected chi connectivity index (χ2v) is 5.74. The summed E-state index contributed by atoms with van der Waals surface area (Å²) in [6.07, 6.45) is -1.01. The van der Waals surface area contributed by atoms with Gasteiger partial charge in [-0.1, -0.05) is 41.4 Å². The number of benzene rings is 2. The summed E-state index contributed by atoms with van der Waals surface area (Å²) in [6.45, 7) is -2.29. The third-order valence-electron chi connectivity index (χ3n) is 3.23. The molecule has 22 heavy (non-hydrogen) atoms. The molecule has 1 unspecified atom stereocenters. The highest BCUT2D eigenvalue weighted by Gasteiger charge is 2.12. The molecule has 5 heteroatoms. The fourth-order valence-corrected chi connectivity index (χ4v) is 2.40. The summed E-state index contributed by atoms with van der Waals surface area (Å²) >= 11 is 11.8. The number of halogens is 2. The van der Waals surface area contributed by atoms with Gasteiger partial charge < -0.3 is 9.84 Å². The highest BCUT2D eigenvalue weighted by atomic mass is 35.5. The van der Waals surface area contributed by atoms with Crippen LogP contribution in [0, 0.1) is 0 Å². The average Bonchev–Trinajstić information content (AvgIpc) is 2.56. The van der Waals surface area contributed by atoms with Crippen LogP contribution in [0.4, 0.5) is 0 Å². The predicted octanol–water partition coefficient (Wildman–Crippen LogP) is 4.17. The molecule has 0 aliphatic heterocycles. The van der Waals surface area contributed by atoms with E-state index >= 15 is 0 Å². The molecule has 0 heterocycles. The van der Waals surface area contributed by atoms with Crippen LogP contribution in [-0.4, -0.2) is 30.6 Å². The smallest absolute Gasteiger partial charge is 0.119 e. The van der Waals surface area contributed by atoms with E-state index in [9.17, 15) is 5.11 Å². The molecular formula is C17H19Cl2NO2. The molecule has 1 atom stereocenters. The summed E-state index contributed by atoms with van der Waals surface area (Å²) in [4.78, 5) is 1.23. The van der Waals surface area contributed by atoms with Crippen molar-refractivity contribution < 1.29 is 14.0 Å². The van der Waals surface area contributed by atoms with Crippen LogP contribution >= 0.6 is 23.2 Å². The fraction of sp³-hybridized carbons (Fsp3) is 0.294. The van der Waals surface area contributed by atoms with E-state index in [1.807, 2.05) is 6.07 Å². The number of ether oxygens (including phenoxy) is 1. The molecule has 0 amide bonds. The maximum Gasteiger partial charge on any atom is 0.119 e. The molecule has 0 saturated carbocycles. The molecule has 0 bridgehead atoms. The quantitative estimate of drug-likeness (QED) is 0.855. The Bertz CT molecular complexity index is 725. The molecule has 2 aromatic carbocycles. The molecule has 0 fully saturated rings. The minimum absolute atomic E-state index is 0.0777. The van der Waals surface area contributed by atoms with Crippen molar-refractivity contribution in [3.05, 3.63) is 63.6 Å². The van der Waals surface area contributed by atoms with E-state index in [4.69, 9.17) is 32.1 Å². The van der Waals surface area contributed by atoms with Crippen LogP contribution in [0.2, 0.25) is 10.0 Å². The van der Waals surface area contributed by atoms with Gasteiger partial charge in [-0.2, -0.15) is 0 Å². The monoisotopic (exact) mass is 342 g/mol. The van der Waals surface area contributed by atoms with E-state index in [2.05, 4.69) is 0 Å². The Labute approximate surface area is 145 Å². The van der Waals surface area contributed by atoms with Gasteiger partial charge in [-0.25, -0.2) is 0 Å². The molecule has 0 saturated heterocycles. The maximum atomic E-state index is 10.4. The number of nitrogens with zero attached hydrogens (tertiary/aromatic N) is 1. The van der Waals surface area contributed by atoms with Crippen molar-refractivity contribution in [1.29, 1.82) is 0 Å². The molecule has 0 aliphatic carbocycles. The molecule has 2 rings (SSSR count). The van der Waals surface area contributed by atoms with E-state index in [0.29, 0.717) is 21.4 Å². The van der Waals surface area contributed by atoms with E-state index in [-0.39, 0.29) is 13.1 Å². The first-order valence-corrected chi connectivity index (χ1v) is 7.47. The van der Waals surface area contributed by atoms with E-state index in [1.54, 1.807) is 37.4 Å². The van der Waals surface area contributed by atoms with Crippen molar-refractivity contribution in [2.45, 2.75) is 12.6 Å². The van der Waals surface area contributed by atoms with Gasteiger partial charge in [0.15, 0.2) is 0 Å². The second kappa shape index (κ2) is 7.84. The zero-order valence-electron chi connectivity index (χ0n) is 15.1. The summed E-state index contributed by atoms with van der Waals surface area (Å²) < 4.78 is 28.4. The Balaban J connectivity index is 2.18. The Morgan fingerprint density at radius 3 is 2.73 bits per heavy atom. The number of likely N-dealkylation sites (N-methyl/N-ethyl adjacent to an activating group) is 1. The summed E-state index contributed by atoms with van der Waals surface area (Å²) in [5, 5.41) is 11.1. The van der Waals surface area contributed by atoms with Gasteiger partial charge in [-0.15, -0.1) is 0 Å². The molecule has 2 aromatic rings. The summed E-state index contributed by atoms with van der Waals surface area (Å²) in [7, 11) is 1.55. The first kappa shape index (κ1) is 13.2. The Morgan fingerprint density at radius 1 is 1.23 bits per heavy atom. The fourth-order valence-electron chi connectivity index (χ4n) is 2.09. The highest BCUT2D eigenvalue weighted by Crippen LogP contribution is 2.26. The normalized spacial score (nSPS) is 15.0. The predicted molar refractivity (Wildman–Crippen MR) is 90.7 cm³/mol. The lowest BCUT2D eigenvalue weighted by atomic mass is 10.1. The lowest BCUT2D eigenvalue weighted by Gasteiger charge is -2.21. The van der Waals surface area contributed by atoms with Crippen molar-refractivity contribution >= 4 is 23.2 Å². The molecule has 3 nitrogen and oxygen atoms in total. The average molecular weight is 343 g/mol. The third-order valence-corrected chi connectivity index (χ3v) is 3.97. The van der Waals surface area contributed by atoms with Crippen molar-refractivity contribution in [3.8, 4) is 5.75 Å². The second-order valence-electron chi connectivity index (χ2n) is 4.92. The van der Waals surface area contributed by atoms with Crippen LogP contribution in [0.3, 0.4) is 0 Å². The standard InChI is InChI=1S/C17H19Cl2NO2/c1-20(10-12-4-3-5-14(8-12)22-2)11-17(21)13-6-7-15(18)16(19)9-13/h3-9,17,21H,10-11H2,1-2H3/i1D3. The van der Waals surface area contributed by atoms with Gasteiger partial charge in [0.1, 0.15) is 5.75 Å². The van der Waals surface area contributed by atoms with Crippen LogP contribution in [0.5, 0.6) is 5.75 Å². The van der Waals surface area contributed by atoms with Crippen molar-refractivity contribution in [2.24, 2.45) is 0 Å². The Hall–Kier alpha value is -1.26. The van der Waals surface area contributed by atoms with E-state index < -0.39 is 13.1 Å². The van der Waals surface area contributed by atoms with Gasteiger partial charge in [-0.05, 0) is 42.4 Å². The summed E-state index contributed by atoms with van der Waals surface area (Å²) in [6, 6.07) is 11.9. The molecule has 0 radical (unpaired) electrons. The van der Waals surface area contributed by atoms with E-state index in [0.717, 1.165) is 5.56 Å². The lowest BCUT2D eigenvalue weighted by molar-refractivity contribution is 0.124. The molecule has 0 aromatic heterocycles. The Morgan fingerprint density at radius 2 is 2.05 bits per heavy atom. The Kier molecular flexibility index (Phi) is 4.70. The summed E-state index contributed by atoms with van der Waals surface area (Å²) in [5.41, 5.74) is 1.28. The number of hydrogen-bond donors (Lipinski definition) is 1. The number of aliphatic hydroxyl groups excluding tert-OH is 1. The highest BCUT2D eigenvalue weighted by molar-refractivity contribution is 6.42. The topological polar surface area (TPSA) is 32.7 Å².